The van der Waals surface area contributed by atoms with E-state index in [1.54, 1.807) is 4.90 Å². The van der Waals surface area contributed by atoms with E-state index in [1.807, 2.05) is 12.1 Å². The largest absolute Gasteiger partial charge is 0.322 e. The molecule has 3 fully saturated rings. The van der Waals surface area contributed by atoms with Crippen LogP contribution in [0, 0.1) is 0 Å². The molecule has 0 spiro atoms. The zero-order valence-corrected chi connectivity index (χ0v) is 17.9. The van der Waals surface area contributed by atoms with Gasteiger partial charge in [0.2, 0.25) is 11.8 Å². The summed E-state index contributed by atoms with van der Waals surface area (Å²) < 4.78 is 0. The van der Waals surface area contributed by atoms with Crippen LogP contribution in [0.15, 0.2) is 18.2 Å². The number of amides is 3. The first-order valence-electron chi connectivity index (χ1n) is 11.5. The first-order valence-corrected chi connectivity index (χ1v) is 11.5. The summed E-state index contributed by atoms with van der Waals surface area (Å²) in [6.45, 7) is 8.39. The summed E-state index contributed by atoms with van der Waals surface area (Å²) in [5.74, 6) is -0.694. The number of hydrogen-bond acceptors (Lipinski definition) is 6. The van der Waals surface area contributed by atoms with Crippen molar-refractivity contribution in [1.82, 2.24) is 25.3 Å². The molecule has 2 N–H and O–H groups in total. The van der Waals surface area contributed by atoms with E-state index in [-0.39, 0.29) is 24.1 Å². The van der Waals surface area contributed by atoms with Crippen molar-refractivity contribution in [1.29, 1.82) is 0 Å². The van der Waals surface area contributed by atoms with Gasteiger partial charge in [0, 0.05) is 63.8 Å². The molecule has 8 nitrogen and oxygen atoms in total. The standard InChI is InChI=1S/C23H31N5O3/c29-21-7-6-20(22(30)25-21)28-15-19-16(3-1-5-18(19)23(28)31)4-2-10-26-13-17(14-26)27-11-8-24-9-12-27/h1,3,5,17,20,24H,2,4,6-15H2,(H,25,29,30). The van der Waals surface area contributed by atoms with Gasteiger partial charge in [-0.15, -0.1) is 0 Å². The lowest BCUT2D eigenvalue weighted by Gasteiger charge is -2.47. The highest BCUT2D eigenvalue weighted by Crippen LogP contribution is 2.30. The topological polar surface area (TPSA) is 85.0 Å². The molecule has 4 aliphatic heterocycles. The quantitative estimate of drug-likeness (QED) is 0.623. The number of nitrogens with zero attached hydrogens (tertiary/aromatic N) is 3. The summed E-state index contributed by atoms with van der Waals surface area (Å²) in [7, 11) is 0. The summed E-state index contributed by atoms with van der Waals surface area (Å²) in [5.41, 5.74) is 2.98. The number of aryl methyl sites for hydroxylation is 1. The average molecular weight is 426 g/mol. The Balaban J connectivity index is 1.15. The van der Waals surface area contributed by atoms with Gasteiger partial charge in [0.05, 0.1) is 0 Å². The number of carbonyl (C=O) groups excluding carboxylic acids is 3. The van der Waals surface area contributed by atoms with Crippen LogP contribution in [0.25, 0.3) is 0 Å². The molecule has 1 aromatic carbocycles. The van der Waals surface area contributed by atoms with Crippen LogP contribution in [0.2, 0.25) is 0 Å². The fraction of sp³-hybridized carbons (Fsp3) is 0.609. The van der Waals surface area contributed by atoms with Crippen molar-refractivity contribution in [2.24, 2.45) is 0 Å². The van der Waals surface area contributed by atoms with Gasteiger partial charge < -0.3 is 15.1 Å². The van der Waals surface area contributed by atoms with E-state index >= 15 is 0 Å². The summed E-state index contributed by atoms with van der Waals surface area (Å²) >= 11 is 0. The predicted molar refractivity (Wildman–Crippen MR) is 115 cm³/mol. The Morgan fingerprint density at radius 3 is 2.65 bits per heavy atom. The van der Waals surface area contributed by atoms with E-state index in [9.17, 15) is 14.4 Å². The number of carbonyl (C=O) groups is 3. The minimum absolute atomic E-state index is 0.0899. The number of piperidine rings is 1. The number of rotatable bonds is 6. The van der Waals surface area contributed by atoms with E-state index in [1.165, 1.54) is 5.56 Å². The van der Waals surface area contributed by atoms with Gasteiger partial charge in [0.15, 0.2) is 0 Å². The van der Waals surface area contributed by atoms with Gasteiger partial charge in [-0.25, -0.2) is 0 Å². The van der Waals surface area contributed by atoms with E-state index in [0.717, 1.165) is 64.2 Å². The number of nitrogens with one attached hydrogen (secondary N) is 2. The number of piperazine rings is 1. The molecule has 31 heavy (non-hydrogen) atoms. The fourth-order valence-electron chi connectivity index (χ4n) is 5.38. The molecule has 4 heterocycles. The summed E-state index contributed by atoms with van der Waals surface area (Å²) in [6.07, 6.45) is 2.70. The van der Waals surface area contributed by atoms with Crippen LogP contribution in [0.3, 0.4) is 0 Å². The molecule has 3 amide bonds. The van der Waals surface area contributed by atoms with Crippen LogP contribution in [0.1, 0.15) is 40.7 Å². The predicted octanol–water partition coefficient (Wildman–Crippen LogP) is -0.0304. The number of imide groups is 1. The van der Waals surface area contributed by atoms with Crippen LogP contribution in [-0.4, -0.2) is 90.3 Å². The van der Waals surface area contributed by atoms with Crippen molar-refractivity contribution >= 4 is 17.7 Å². The molecule has 4 aliphatic rings. The molecule has 0 radical (unpaired) electrons. The molecule has 0 saturated carbocycles. The van der Waals surface area contributed by atoms with E-state index in [2.05, 4.69) is 26.5 Å². The maximum atomic E-state index is 12.9. The van der Waals surface area contributed by atoms with Crippen molar-refractivity contribution in [2.75, 3.05) is 45.8 Å². The monoisotopic (exact) mass is 425 g/mol. The van der Waals surface area contributed by atoms with Gasteiger partial charge in [-0.2, -0.15) is 0 Å². The summed E-state index contributed by atoms with van der Waals surface area (Å²) in [6, 6.07) is 6.08. The van der Waals surface area contributed by atoms with Crippen molar-refractivity contribution < 1.29 is 14.4 Å². The van der Waals surface area contributed by atoms with Crippen LogP contribution in [-0.2, 0) is 22.6 Å². The number of benzene rings is 1. The lowest BCUT2D eigenvalue weighted by molar-refractivity contribution is -0.136. The molecule has 0 aromatic heterocycles. The molecule has 0 aliphatic carbocycles. The Kier molecular flexibility index (Phi) is 5.77. The Morgan fingerprint density at radius 2 is 1.87 bits per heavy atom. The van der Waals surface area contributed by atoms with E-state index in [0.29, 0.717) is 24.6 Å². The molecule has 5 rings (SSSR count). The number of fused-ring (bicyclic) bond motifs is 1. The highest BCUT2D eigenvalue weighted by atomic mass is 16.2. The van der Waals surface area contributed by atoms with Crippen molar-refractivity contribution in [3.8, 4) is 0 Å². The molecular weight excluding hydrogens is 394 g/mol. The second-order valence-corrected chi connectivity index (χ2v) is 9.15. The third-order valence-electron chi connectivity index (χ3n) is 7.21. The van der Waals surface area contributed by atoms with Crippen molar-refractivity contribution in [3.63, 3.8) is 0 Å². The number of hydrogen-bond donors (Lipinski definition) is 2. The lowest BCUT2D eigenvalue weighted by Crippen LogP contribution is -2.62. The van der Waals surface area contributed by atoms with Crippen LogP contribution in [0.5, 0.6) is 0 Å². The number of likely N-dealkylation sites (tertiary alicyclic amines) is 1. The Morgan fingerprint density at radius 1 is 1.06 bits per heavy atom. The maximum Gasteiger partial charge on any atom is 0.255 e. The molecule has 166 valence electrons. The third-order valence-corrected chi connectivity index (χ3v) is 7.21. The smallest absolute Gasteiger partial charge is 0.255 e. The second-order valence-electron chi connectivity index (χ2n) is 9.15. The van der Waals surface area contributed by atoms with Crippen molar-refractivity contribution in [2.45, 2.75) is 44.3 Å². The molecular formula is C23H31N5O3. The lowest BCUT2D eigenvalue weighted by atomic mass is 9.98. The summed E-state index contributed by atoms with van der Waals surface area (Å²) in [4.78, 5) is 43.4. The second kappa shape index (κ2) is 8.68. The van der Waals surface area contributed by atoms with Gasteiger partial charge in [0.25, 0.3) is 5.91 Å². The molecule has 1 atom stereocenters. The molecule has 1 unspecified atom stereocenters. The zero-order valence-electron chi connectivity index (χ0n) is 17.9. The first-order chi connectivity index (χ1) is 15.1. The Labute approximate surface area is 182 Å². The van der Waals surface area contributed by atoms with Crippen molar-refractivity contribution in [3.05, 3.63) is 34.9 Å². The Bertz CT molecular complexity index is 876. The van der Waals surface area contributed by atoms with Crippen LogP contribution >= 0.6 is 0 Å². The van der Waals surface area contributed by atoms with Gasteiger partial charge in [-0.3, -0.25) is 24.6 Å². The molecule has 0 bridgehead atoms. The van der Waals surface area contributed by atoms with Gasteiger partial charge in [-0.1, -0.05) is 12.1 Å². The van der Waals surface area contributed by atoms with Crippen LogP contribution in [0.4, 0.5) is 0 Å². The fourth-order valence-corrected chi connectivity index (χ4v) is 5.38. The molecule has 3 saturated heterocycles. The first kappa shape index (κ1) is 20.6. The highest BCUT2D eigenvalue weighted by molar-refractivity contribution is 6.05. The minimum atomic E-state index is -0.548. The third kappa shape index (κ3) is 4.12. The Hall–Kier alpha value is -2.29. The van der Waals surface area contributed by atoms with E-state index < -0.39 is 6.04 Å². The minimum Gasteiger partial charge on any atom is -0.322 e. The van der Waals surface area contributed by atoms with Crippen LogP contribution < -0.4 is 10.6 Å². The molecule has 8 heteroatoms. The normalized spacial score (nSPS) is 25.5. The summed E-state index contributed by atoms with van der Waals surface area (Å²) in [5, 5.41) is 5.78. The zero-order chi connectivity index (χ0) is 21.4. The SMILES string of the molecule is O=C1CCC(N2Cc3c(CCCN4CC(N5CCNCC5)C4)cccc3C2=O)C(=O)N1. The maximum absolute atomic E-state index is 12.9. The average Bonchev–Trinajstić information content (AvgIpc) is 3.07. The van der Waals surface area contributed by atoms with Gasteiger partial charge in [0.1, 0.15) is 6.04 Å². The van der Waals surface area contributed by atoms with Gasteiger partial charge >= 0.3 is 0 Å². The van der Waals surface area contributed by atoms with Gasteiger partial charge in [-0.05, 0) is 43.0 Å². The highest BCUT2D eigenvalue weighted by Gasteiger charge is 2.39. The van der Waals surface area contributed by atoms with E-state index in [4.69, 9.17) is 0 Å². The molecule has 1 aromatic rings.